The largest absolute Gasteiger partial charge is 0.449 e. The fourth-order valence-corrected chi connectivity index (χ4v) is 9.16. The number of anilines is 1. The van der Waals surface area contributed by atoms with Crippen molar-refractivity contribution < 1.29 is 9.47 Å². The highest BCUT2D eigenvalue weighted by atomic mass is 16.6. The summed E-state index contributed by atoms with van der Waals surface area (Å²) < 4.78 is 13.5. The number of fused-ring (bicyclic) bond motifs is 11. The van der Waals surface area contributed by atoms with Crippen LogP contribution in [0.2, 0.25) is 0 Å². The minimum Gasteiger partial charge on any atom is -0.449 e. The maximum absolute atomic E-state index is 6.87. The van der Waals surface area contributed by atoms with Crippen molar-refractivity contribution >= 4 is 11.3 Å². The first-order chi connectivity index (χ1) is 26.1. The van der Waals surface area contributed by atoms with Gasteiger partial charge in [0.25, 0.3) is 0 Å². The van der Waals surface area contributed by atoms with Crippen molar-refractivity contribution in [3.63, 3.8) is 0 Å². The number of likely N-dealkylation sites (N-methyl/N-ethyl adjacent to an activating group) is 1. The van der Waals surface area contributed by atoms with Gasteiger partial charge in [-0.1, -0.05) is 128 Å². The Morgan fingerprint density at radius 1 is 0.642 bits per heavy atom. The highest BCUT2D eigenvalue weighted by Gasteiger charge is 2.52. The first-order valence-electron chi connectivity index (χ1n) is 18.6. The van der Waals surface area contributed by atoms with Gasteiger partial charge < -0.3 is 14.4 Å². The fourth-order valence-electron chi connectivity index (χ4n) is 9.16. The molecule has 5 aromatic carbocycles. The Labute approximate surface area is 311 Å². The minimum absolute atomic E-state index is 0.470. The van der Waals surface area contributed by atoms with Crippen molar-refractivity contribution in [1.82, 2.24) is 0 Å². The summed E-state index contributed by atoms with van der Waals surface area (Å²) in [4.78, 5) is 2.08. The zero-order valence-electron chi connectivity index (χ0n) is 29.9. The van der Waals surface area contributed by atoms with Gasteiger partial charge in [0, 0.05) is 12.7 Å². The summed E-state index contributed by atoms with van der Waals surface area (Å²) in [6, 6.07) is 39.5. The third-order valence-electron chi connectivity index (χ3n) is 11.7. The topological polar surface area (TPSA) is 21.7 Å². The van der Waals surface area contributed by atoms with E-state index in [0.29, 0.717) is 28.7 Å². The van der Waals surface area contributed by atoms with Crippen molar-refractivity contribution in [1.29, 1.82) is 0 Å². The van der Waals surface area contributed by atoms with Crippen LogP contribution in [-0.4, -0.2) is 7.05 Å². The predicted molar refractivity (Wildman–Crippen MR) is 217 cm³/mol. The Hall–Kier alpha value is -6.32. The van der Waals surface area contributed by atoms with Crippen LogP contribution in [0.3, 0.4) is 0 Å². The molecule has 0 bridgehead atoms. The summed E-state index contributed by atoms with van der Waals surface area (Å²) in [6.07, 6.45) is 17.4. The minimum atomic E-state index is -0.470. The predicted octanol–water partition coefficient (Wildman–Crippen LogP) is 12.2. The van der Waals surface area contributed by atoms with Crippen LogP contribution in [0.15, 0.2) is 187 Å². The zero-order chi connectivity index (χ0) is 35.7. The second-order valence-corrected chi connectivity index (χ2v) is 14.4. The third-order valence-corrected chi connectivity index (χ3v) is 11.7. The summed E-state index contributed by atoms with van der Waals surface area (Å²) in [5, 5.41) is 0. The lowest BCUT2D eigenvalue weighted by atomic mass is 9.70. The van der Waals surface area contributed by atoms with Crippen molar-refractivity contribution in [3.05, 3.63) is 215 Å². The number of rotatable bonds is 6. The number of benzene rings is 5. The van der Waals surface area contributed by atoms with E-state index < -0.39 is 5.41 Å². The number of hydrogen-bond acceptors (Lipinski definition) is 3. The van der Waals surface area contributed by atoms with Gasteiger partial charge in [0.05, 0.1) is 11.1 Å². The second kappa shape index (κ2) is 12.1. The number of allylic oxidation sites excluding steroid dienone is 9. The summed E-state index contributed by atoms with van der Waals surface area (Å²) in [6.45, 7) is 8.65. The van der Waals surface area contributed by atoms with Crippen LogP contribution in [0.5, 0.6) is 11.5 Å². The van der Waals surface area contributed by atoms with E-state index in [4.69, 9.17) is 9.47 Å². The molecule has 0 saturated carbocycles. The molecule has 0 N–H and O–H groups in total. The van der Waals surface area contributed by atoms with Crippen molar-refractivity contribution in [2.75, 3.05) is 11.9 Å². The van der Waals surface area contributed by atoms with E-state index in [2.05, 4.69) is 158 Å². The first-order valence-corrected chi connectivity index (χ1v) is 18.6. The average Bonchev–Trinajstić information content (AvgIpc) is 3.69. The van der Waals surface area contributed by atoms with Crippen molar-refractivity contribution in [2.24, 2.45) is 0 Å². The van der Waals surface area contributed by atoms with Crippen LogP contribution < -0.4 is 14.4 Å². The Kier molecular flexibility index (Phi) is 7.19. The van der Waals surface area contributed by atoms with E-state index in [-0.39, 0.29) is 0 Å². The third kappa shape index (κ3) is 4.67. The van der Waals surface area contributed by atoms with E-state index in [1.807, 2.05) is 7.05 Å². The Morgan fingerprint density at radius 2 is 1.26 bits per heavy atom. The van der Waals surface area contributed by atoms with Gasteiger partial charge >= 0.3 is 0 Å². The van der Waals surface area contributed by atoms with Gasteiger partial charge in [-0.15, -0.1) is 0 Å². The standard InChI is InChI=1S/C50H39NO2/c1-4-46-49(32(2)51(3)37-18-14-17-36(29-37)35-27-25-34(26-28-35)33-15-6-5-7-16-33)53-48-31-45-41(30-47(48)52-46)40-21-10-13-24-44(40)50(45)42-22-11-8-19-38(42)39-20-9-12-23-43(39)50/h4-6,8-15,17-25,27,29-31H,1-2,7,16,26,28H2,3H3. The van der Waals surface area contributed by atoms with E-state index in [0.717, 1.165) is 36.9 Å². The molecule has 5 aromatic rings. The number of nitrogens with zero attached hydrogens (tertiary/aromatic N) is 1. The molecule has 3 heteroatoms. The van der Waals surface area contributed by atoms with Gasteiger partial charge in [0.1, 0.15) is 0 Å². The molecule has 0 radical (unpaired) electrons. The molecular weight excluding hydrogens is 647 g/mol. The molecule has 256 valence electrons. The Balaban J connectivity index is 1.01. The summed E-state index contributed by atoms with van der Waals surface area (Å²) >= 11 is 0. The molecule has 0 saturated heterocycles. The van der Waals surface area contributed by atoms with Crippen LogP contribution in [0.25, 0.3) is 27.8 Å². The quantitative estimate of drug-likeness (QED) is 0.174. The van der Waals surface area contributed by atoms with E-state index in [1.165, 1.54) is 61.2 Å². The molecule has 53 heavy (non-hydrogen) atoms. The van der Waals surface area contributed by atoms with E-state index in [1.54, 1.807) is 6.08 Å². The average molecular weight is 686 g/mol. The van der Waals surface area contributed by atoms with Gasteiger partial charge in [-0.05, 0) is 123 Å². The lowest BCUT2D eigenvalue weighted by Crippen LogP contribution is -2.26. The first kappa shape index (κ1) is 31.4. The number of ether oxygens (including phenoxy) is 2. The highest BCUT2D eigenvalue weighted by Crippen LogP contribution is 2.64. The molecule has 4 aliphatic carbocycles. The van der Waals surface area contributed by atoms with Crippen LogP contribution in [-0.2, 0) is 5.41 Å². The highest BCUT2D eigenvalue weighted by molar-refractivity contribution is 5.95. The van der Waals surface area contributed by atoms with Crippen LogP contribution in [0.4, 0.5) is 5.69 Å². The SMILES string of the molecule is C=CC1=C(C(=C)N(C)c2cccc(C3=CC=C(C4=CC=CCC4)CC3)c2)Oc2cc3c(cc2O1)-c1ccccc1C31c2ccccc2-c2ccccc21. The van der Waals surface area contributed by atoms with Crippen molar-refractivity contribution in [2.45, 2.75) is 31.1 Å². The maximum Gasteiger partial charge on any atom is 0.193 e. The summed E-state index contributed by atoms with van der Waals surface area (Å²) in [7, 11) is 2.03. The maximum atomic E-state index is 6.87. The van der Waals surface area contributed by atoms with Gasteiger partial charge in [0.15, 0.2) is 23.0 Å². The molecule has 1 heterocycles. The summed E-state index contributed by atoms with van der Waals surface area (Å²) in [5.41, 5.74) is 16.7. The van der Waals surface area contributed by atoms with Gasteiger partial charge in [-0.2, -0.15) is 0 Å². The number of hydrogen-bond donors (Lipinski definition) is 0. The monoisotopic (exact) mass is 685 g/mol. The zero-order valence-corrected chi connectivity index (χ0v) is 29.9. The van der Waals surface area contributed by atoms with E-state index >= 15 is 0 Å². The van der Waals surface area contributed by atoms with Crippen LogP contribution >= 0.6 is 0 Å². The molecule has 1 spiro atoms. The second-order valence-electron chi connectivity index (χ2n) is 14.4. The molecule has 5 aliphatic rings. The lowest BCUT2D eigenvalue weighted by Gasteiger charge is -2.32. The molecule has 0 fully saturated rings. The normalized spacial score (nSPS) is 16.9. The molecule has 0 amide bonds. The van der Waals surface area contributed by atoms with Crippen molar-refractivity contribution in [3.8, 4) is 33.8 Å². The molecule has 10 rings (SSSR count). The Morgan fingerprint density at radius 3 is 1.91 bits per heavy atom. The Bertz CT molecular complexity index is 2530. The lowest BCUT2D eigenvalue weighted by molar-refractivity contribution is 0.310. The van der Waals surface area contributed by atoms with E-state index in [9.17, 15) is 0 Å². The van der Waals surface area contributed by atoms with Gasteiger partial charge in [0.2, 0.25) is 0 Å². The van der Waals surface area contributed by atoms with Crippen LogP contribution in [0, 0.1) is 0 Å². The molecular formula is C50H39NO2. The fraction of sp³-hybridized carbons (Fsp3) is 0.120. The molecule has 0 atom stereocenters. The summed E-state index contributed by atoms with van der Waals surface area (Å²) in [5.74, 6) is 2.43. The smallest absolute Gasteiger partial charge is 0.193 e. The van der Waals surface area contributed by atoms with Gasteiger partial charge in [-0.25, -0.2) is 0 Å². The molecule has 3 nitrogen and oxygen atoms in total. The van der Waals surface area contributed by atoms with Crippen LogP contribution in [0.1, 0.15) is 53.5 Å². The molecule has 0 unspecified atom stereocenters. The van der Waals surface area contributed by atoms with Gasteiger partial charge in [-0.3, -0.25) is 0 Å². The molecule has 1 aliphatic heterocycles. The molecule has 0 aromatic heterocycles.